The lowest BCUT2D eigenvalue weighted by atomic mass is 9.97. The minimum absolute atomic E-state index is 0.0160. The predicted octanol–water partition coefficient (Wildman–Crippen LogP) is 2.89. The molecule has 0 bridgehead atoms. The van der Waals surface area contributed by atoms with Crippen LogP contribution in [0.4, 0.5) is 13.6 Å². The number of nitrogens with one attached hydrogen (secondary N) is 1. The predicted molar refractivity (Wildman–Crippen MR) is 64.3 cm³/mol. The van der Waals surface area contributed by atoms with Crippen LogP contribution in [0.15, 0.2) is 18.2 Å². The molecule has 1 rings (SSSR count). The molecule has 0 aliphatic carbocycles. The Bertz CT molecular complexity index is 410. The summed E-state index contributed by atoms with van der Waals surface area (Å²) in [6.45, 7) is 2.15. The molecule has 1 unspecified atom stereocenters. The van der Waals surface area contributed by atoms with Crippen molar-refractivity contribution >= 4 is 6.09 Å². The fourth-order valence-electron chi connectivity index (χ4n) is 1.59. The lowest BCUT2D eigenvalue weighted by molar-refractivity contribution is 0.127. The Hall–Kier alpha value is -1.65. The van der Waals surface area contributed by atoms with Gasteiger partial charge in [0.25, 0.3) is 0 Å². The zero-order valence-corrected chi connectivity index (χ0v) is 10.5. The molecule has 0 aliphatic rings. The highest BCUT2D eigenvalue weighted by atomic mass is 19.1. The number of halogens is 2. The summed E-state index contributed by atoms with van der Waals surface area (Å²) in [5.74, 6) is -1.14. The van der Waals surface area contributed by atoms with Crippen molar-refractivity contribution in [1.82, 2.24) is 5.32 Å². The number of hydrogen-bond donors (Lipinski definition) is 1. The smallest absolute Gasteiger partial charge is 0.406 e. The van der Waals surface area contributed by atoms with Crippen LogP contribution in [0.1, 0.15) is 18.9 Å². The van der Waals surface area contributed by atoms with Crippen LogP contribution in [0.3, 0.4) is 0 Å². The maximum atomic E-state index is 13.5. The molecule has 0 aliphatic heterocycles. The number of rotatable bonds is 5. The van der Waals surface area contributed by atoms with Gasteiger partial charge in [0.05, 0.1) is 6.61 Å². The normalized spacial score (nSPS) is 12.0. The van der Waals surface area contributed by atoms with Gasteiger partial charge in [0.2, 0.25) is 0 Å². The van der Waals surface area contributed by atoms with Crippen molar-refractivity contribution < 1.29 is 18.3 Å². The van der Waals surface area contributed by atoms with Crippen LogP contribution in [0.5, 0.6) is 0 Å². The van der Waals surface area contributed by atoms with E-state index in [2.05, 4.69) is 5.32 Å². The molecule has 0 saturated carbocycles. The second-order valence-corrected chi connectivity index (χ2v) is 4.06. The van der Waals surface area contributed by atoms with E-state index in [4.69, 9.17) is 4.74 Å². The average molecular weight is 257 g/mol. The Morgan fingerprint density at radius 2 is 2.17 bits per heavy atom. The number of carbonyl (C=O) groups excluding carboxylic acids is 1. The molecular weight excluding hydrogens is 240 g/mol. The molecule has 1 N–H and O–H groups in total. The number of alkyl carbamates (subject to hydrolysis) is 1. The van der Waals surface area contributed by atoms with Crippen molar-refractivity contribution in [3.63, 3.8) is 0 Å². The number of ether oxygens (including phenoxy) is 1. The maximum absolute atomic E-state index is 13.5. The largest absolute Gasteiger partial charge is 0.449 e. The number of amides is 1. The summed E-state index contributed by atoms with van der Waals surface area (Å²) in [7, 11) is 1.48. The van der Waals surface area contributed by atoms with E-state index in [9.17, 15) is 13.6 Å². The van der Waals surface area contributed by atoms with E-state index in [-0.39, 0.29) is 12.5 Å². The minimum Gasteiger partial charge on any atom is -0.449 e. The fraction of sp³-hybridized carbons (Fsp3) is 0.462. The molecule has 0 saturated heterocycles. The third-order valence-corrected chi connectivity index (χ3v) is 2.76. The first-order valence-corrected chi connectivity index (χ1v) is 5.85. The zero-order valence-electron chi connectivity index (χ0n) is 10.5. The molecule has 100 valence electrons. The van der Waals surface area contributed by atoms with Crippen molar-refractivity contribution in [2.45, 2.75) is 19.8 Å². The molecule has 0 aromatic heterocycles. The summed E-state index contributed by atoms with van der Waals surface area (Å²) in [6, 6.07) is 3.51. The van der Waals surface area contributed by atoms with Crippen LogP contribution in [0.2, 0.25) is 0 Å². The molecule has 0 fully saturated rings. The van der Waals surface area contributed by atoms with Gasteiger partial charge in [-0.2, -0.15) is 0 Å². The number of hydrogen-bond acceptors (Lipinski definition) is 2. The van der Waals surface area contributed by atoms with Crippen molar-refractivity contribution in [1.29, 1.82) is 0 Å². The number of carbonyl (C=O) groups is 1. The van der Waals surface area contributed by atoms with Crippen molar-refractivity contribution in [3.05, 3.63) is 35.4 Å². The Balaban J connectivity index is 2.59. The van der Waals surface area contributed by atoms with Gasteiger partial charge in [-0.25, -0.2) is 13.6 Å². The molecule has 1 aromatic rings. The molecule has 18 heavy (non-hydrogen) atoms. The Labute approximate surface area is 105 Å². The number of benzene rings is 1. The first-order valence-electron chi connectivity index (χ1n) is 5.85. The SMILES string of the molecule is CCC(COC(=O)NC)Cc1ccc(F)cc1F. The third kappa shape index (κ3) is 4.31. The van der Waals surface area contributed by atoms with E-state index in [0.717, 1.165) is 12.5 Å². The summed E-state index contributed by atoms with van der Waals surface area (Å²) < 4.78 is 31.1. The maximum Gasteiger partial charge on any atom is 0.406 e. The summed E-state index contributed by atoms with van der Waals surface area (Å²) in [5.41, 5.74) is 0.434. The van der Waals surface area contributed by atoms with Gasteiger partial charge >= 0.3 is 6.09 Å². The van der Waals surface area contributed by atoms with Gasteiger partial charge in [-0.1, -0.05) is 13.0 Å². The highest BCUT2D eigenvalue weighted by Gasteiger charge is 2.13. The van der Waals surface area contributed by atoms with E-state index in [0.29, 0.717) is 12.0 Å². The molecule has 0 radical (unpaired) electrons. The molecule has 1 aromatic carbocycles. The first-order chi connectivity index (χ1) is 8.56. The first kappa shape index (κ1) is 14.4. The second-order valence-electron chi connectivity index (χ2n) is 4.06. The highest BCUT2D eigenvalue weighted by molar-refractivity contribution is 5.66. The van der Waals surface area contributed by atoms with Gasteiger partial charge in [-0.3, -0.25) is 0 Å². The van der Waals surface area contributed by atoms with Crippen LogP contribution in [0, 0.1) is 17.6 Å². The van der Waals surface area contributed by atoms with Crippen LogP contribution in [-0.4, -0.2) is 19.7 Å². The van der Waals surface area contributed by atoms with Crippen LogP contribution < -0.4 is 5.32 Å². The van der Waals surface area contributed by atoms with E-state index in [1.807, 2.05) is 6.92 Å². The lowest BCUT2D eigenvalue weighted by Crippen LogP contribution is -2.23. The van der Waals surface area contributed by atoms with Gasteiger partial charge in [0.1, 0.15) is 11.6 Å². The Morgan fingerprint density at radius 1 is 1.44 bits per heavy atom. The molecule has 1 amide bonds. The molecule has 0 heterocycles. The minimum atomic E-state index is -0.592. The van der Waals surface area contributed by atoms with E-state index >= 15 is 0 Å². The summed E-state index contributed by atoms with van der Waals surface area (Å²) in [5, 5.41) is 2.34. The quantitative estimate of drug-likeness (QED) is 0.880. The van der Waals surface area contributed by atoms with Gasteiger partial charge in [0.15, 0.2) is 0 Å². The standard InChI is InChI=1S/C13H17F2NO2/c1-3-9(8-18-13(17)16-2)6-10-4-5-11(14)7-12(10)15/h4-5,7,9H,3,6,8H2,1-2H3,(H,16,17). The topological polar surface area (TPSA) is 38.3 Å². The van der Waals surface area contributed by atoms with Crippen molar-refractivity contribution in [2.24, 2.45) is 5.92 Å². The van der Waals surface area contributed by atoms with Crippen molar-refractivity contribution in [3.8, 4) is 0 Å². The van der Waals surface area contributed by atoms with E-state index < -0.39 is 17.7 Å². The van der Waals surface area contributed by atoms with E-state index in [1.165, 1.54) is 19.2 Å². The van der Waals surface area contributed by atoms with Crippen molar-refractivity contribution in [2.75, 3.05) is 13.7 Å². The fourth-order valence-corrected chi connectivity index (χ4v) is 1.59. The summed E-state index contributed by atoms with van der Waals surface area (Å²) in [4.78, 5) is 10.9. The van der Waals surface area contributed by atoms with Gasteiger partial charge in [-0.05, 0) is 30.4 Å². The monoisotopic (exact) mass is 257 g/mol. The molecule has 0 spiro atoms. The second kappa shape index (κ2) is 6.93. The van der Waals surface area contributed by atoms with Crippen LogP contribution >= 0.6 is 0 Å². The van der Waals surface area contributed by atoms with Crippen LogP contribution in [-0.2, 0) is 11.2 Å². The highest BCUT2D eigenvalue weighted by Crippen LogP contribution is 2.17. The van der Waals surface area contributed by atoms with Gasteiger partial charge in [-0.15, -0.1) is 0 Å². The lowest BCUT2D eigenvalue weighted by Gasteiger charge is -2.15. The van der Waals surface area contributed by atoms with Gasteiger partial charge < -0.3 is 10.1 Å². The molecular formula is C13H17F2NO2. The van der Waals surface area contributed by atoms with E-state index in [1.54, 1.807) is 0 Å². The summed E-state index contributed by atoms with van der Waals surface area (Å²) in [6.07, 6.45) is 0.654. The third-order valence-electron chi connectivity index (χ3n) is 2.76. The molecule has 1 atom stereocenters. The summed E-state index contributed by atoms with van der Waals surface area (Å²) >= 11 is 0. The van der Waals surface area contributed by atoms with Crippen LogP contribution in [0.25, 0.3) is 0 Å². The molecule has 5 heteroatoms. The average Bonchev–Trinajstić information content (AvgIpc) is 2.36. The zero-order chi connectivity index (χ0) is 13.5. The Kier molecular flexibility index (Phi) is 5.55. The Morgan fingerprint density at radius 3 is 2.72 bits per heavy atom. The molecule has 3 nitrogen and oxygen atoms in total. The van der Waals surface area contributed by atoms with Gasteiger partial charge in [0, 0.05) is 13.1 Å².